The van der Waals surface area contributed by atoms with Crippen molar-refractivity contribution in [2.45, 2.75) is 25.7 Å². The van der Waals surface area contributed by atoms with E-state index in [2.05, 4.69) is 0 Å². The Morgan fingerprint density at radius 3 is 2.12 bits per heavy atom. The molecule has 0 amide bonds. The van der Waals surface area contributed by atoms with E-state index in [1.807, 2.05) is 13.8 Å². The van der Waals surface area contributed by atoms with Gasteiger partial charge in [-0.1, -0.05) is 13.8 Å². The summed E-state index contributed by atoms with van der Waals surface area (Å²) in [5.74, 6) is -2.84. The molecule has 16 heavy (non-hydrogen) atoms. The number of nitrogens with two attached hydrogens (primary N) is 1. The molecule has 1 saturated carbocycles. The second-order valence-corrected chi connectivity index (χ2v) is 5.07. The Hall–Kier alpha value is -1.03. The van der Waals surface area contributed by atoms with Gasteiger partial charge in [-0.3, -0.25) is 0 Å². The Morgan fingerprint density at radius 1 is 1.19 bits per heavy atom. The molecule has 2 rings (SSSR count). The van der Waals surface area contributed by atoms with E-state index < -0.39 is 22.9 Å². The molecule has 2 N–H and O–H groups in total. The van der Waals surface area contributed by atoms with E-state index >= 15 is 0 Å². The van der Waals surface area contributed by atoms with Crippen molar-refractivity contribution >= 4 is 0 Å². The first-order chi connectivity index (χ1) is 7.35. The molecule has 1 atom stereocenters. The normalized spacial score (nSPS) is 26.9. The van der Waals surface area contributed by atoms with Crippen LogP contribution in [-0.2, 0) is 5.41 Å². The van der Waals surface area contributed by atoms with E-state index in [-0.39, 0.29) is 17.5 Å². The average molecular weight is 229 g/mol. The number of benzene rings is 1. The maximum absolute atomic E-state index is 13.7. The number of hydrogen-bond donors (Lipinski definition) is 1. The molecule has 1 aliphatic carbocycles. The minimum atomic E-state index is -1.10. The van der Waals surface area contributed by atoms with Gasteiger partial charge in [0.25, 0.3) is 0 Å². The van der Waals surface area contributed by atoms with Gasteiger partial charge in [0.05, 0.1) is 0 Å². The van der Waals surface area contributed by atoms with Crippen molar-refractivity contribution in [2.24, 2.45) is 11.1 Å². The highest BCUT2D eigenvalue weighted by Gasteiger charge is 2.63. The molecule has 0 heterocycles. The molecule has 1 fully saturated rings. The van der Waals surface area contributed by atoms with Gasteiger partial charge in [0.1, 0.15) is 5.82 Å². The third-order valence-electron chi connectivity index (χ3n) is 3.79. The molecule has 1 unspecified atom stereocenters. The highest BCUT2D eigenvalue weighted by Crippen LogP contribution is 2.64. The van der Waals surface area contributed by atoms with Crippen molar-refractivity contribution in [3.8, 4) is 0 Å². The lowest BCUT2D eigenvalue weighted by atomic mass is 9.87. The van der Waals surface area contributed by atoms with Gasteiger partial charge in [-0.2, -0.15) is 0 Å². The molecule has 0 aliphatic heterocycles. The molecule has 0 saturated heterocycles. The predicted molar refractivity (Wildman–Crippen MR) is 55.4 cm³/mol. The van der Waals surface area contributed by atoms with Crippen LogP contribution >= 0.6 is 0 Å². The molecule has 1 aromatic carbocycles. The highest BCUT2D eigenvalue weighted by atomic mass is 19.2. The molecule has 1 aliphatic rings. The summed E-state index contributed by atoms with van der Waals surface area (Å²) >= 11 is 0. The third kappa shape index (κ3) is 1.29. The second kappa shape index (κ2) is 3.23. The summed E-state index contributed by atoms with van der Waals surface area (Å²) in [5, 5.41) is 0. The standard InChI is InChI=1S/C12H14F3N/c1-11(2)5-12(11,6-16)9-7(13)3-4-8(14)10(9)15/h3-4H,5-6,16H2,1-2H3. The second-order valence-electron chi connectivity index (χ2n) is 5.07. The summed E-state index contributed by atoms with van der Waals surface area (Å²) in [7, 11) is 0. The van der Waals surface area contributed by atoms with Gasteiger partial charge >= 0.3 is 0 Å². The van der Waals surface area contributed by atoms with Gasteiger partial charge in [0, 0.05) is 17.5 Å². The maximum atomic E-state index is 13.7. The maximum Gasteiger partial charge on any atom is 0.165 e. The van der Waals surface area contributed by atoms with Crippen molar-refractivity contribution in [1.82, 2.24) is 0 Å². The topological polar surface area (TPSA) is 26.0 Å². The summed E-state index contributed by atoms with van der Waals surface area (Å²) < 4.78 is 40.4. The average Bonchev–Trinajstić information content (AvgIpc) is 2.77. The Balaban J connectivity index is 2.61. The Labute approximate surface area is 92.5 Å². The van der Waals surface area contributed by atoms with E-state index in [4.69, 9.17) is 5.73 Å². The molecular formula is C12H14F3N. The molecule has 1 aromatic rings. The minimum absolute atomic E-state index is 0.122. The van der Waals surface area contributed by atoms with Crippen molar-refractivity contribution in [2.75, 3.05) is 6.54 Å². The smallest absolute Gasteiger partial charge is 0.165 e. The van der Waals surface area contributed by atoms with Crippen molar-refractivity contribution in [1.29, 1.82) is 0 Å². The number of rotatable bonds is 2. The lowest BCUT2D eigenvalue weighted by Crippen LogP contribution is -2.28. The lowest BCUT2D eigenvalue weighted by Gasteiger charge is -2.20. The number of hydrogen-bond acceptors (Lipinski definition) is 1. The van der Waals surface area contributed by atoms with Crippen molar-refractivity contribution in [3.05, 3.63) is 35.1 Å². The molecule has 0 aromatic heterocycles. The van der Waals surface area contributed by atoms with E-state index in [9.17, 15) is 13.2 Å². The predicted octanol–water partition coefficient (Wildman–Crippen LogP) is 2.73. The fourth-order valence-electron chi connectivity index (χ4n) is 2.55. The van der Waals surface area contributed by atoms with Gasteiger partial charge in [-0.25, -0.2) is 13.2 Å². The van der Waals surface area contributed by atoms with Crippen LogP contribution in [0.5, 0.6) is 0 Å². The van der Waals surface area contributed by atoms with E-state index in [1.165, 1.54) is 0 Å². The van der Waals surface area contributed by atoms with Gasteiger partial charge < -0.3 is 5.73 Å². The molecular weight excluding hydrogens is 215 g/mol. The first-order valence-corrected chi connectivity index (χ1v) is 5.20. The van der Waals surface area contributed by atoms with Crippen LogP contribution in [0.3, 0.4) is 0 Å². The molecule has 0 bridgehead atoms. The Morgan fingerprint density at radius 2 is 1.69 bits per heavy atom. The Bertz CT molecular complexity index is 442. The summed E-state index contributed by atoms with van der Waals surface area (Å²) in [6.45, 7) is 3.88. The fourth-order valence-corrected chi connectivity index (χ4v) is 2.55. The van der Waals surface area contributed by atoms with Gasteiger partial charge in [-0.05, 0) is 24.0 Å². The summed E-state index contributed by atoms with van der Waals surface area (Å²) in [5.41, 5.74) is 4.37. The van der Waals surface area contributed by atoms with Crippen LogP contribution in [-0.4, -0.2) is 6.54 Å². The molecule has 0 radical (unpaired) electrons. The Kier molecular flexibility index (Phi) is 2.31. The number of halogens is 3. The SMILES string of the molecule is CC1(C)CC1(CN)c1c(F)ccc(F)c1F. The fraction of sp³-hybridized carbons (Fsp3) is 0.500. The van der Waals surface area contributed by atoms with Gasteiger partial charge in [-0.15, -0.1) is 0 Å². The molecule has 0 spiro atoms. The van der Waals surface area contributed by atoms with Crippen LogP contribution in [0.25, 0.3) is 0 Å². The van der Waals surface area contributed by atoms with Crippen LogP contribution in [0.15, 0.2) is 12.1 Å². The van der Waals surface area contributed by atoms with Crippen LogP contribution in [0.1, 0.15) is 25.8 Å². The van der Waals surface area contributed by atoms with Gasteiger partial charge in [0.15, 0.2) is 11.6 Å². The quantitative estimate of drug-likeness (QED) is 0.775. The summed E-state index contributed by atoms with van der Waals surface area (Å²) in [6.07, 6.45) is 0.577. The molecule has 1 nitrogen and oxygen atoms in total. The zero-order valence-electron chi connectivity index (χ0n) is 9.28. The summed E-state index contributed by atoms with van der Waals surface area (Å²) in [6, 6.07) is 1.76. The van der Waals surface area contributed by atoms with Gasteiger partial charge in [0.2, 0.25) is 0 Å². The van der Waals surface area contributed by atoms with Crippen LogP contribution < -0.4 is 5.73 Å². The van der Waals surface area contributed by atoms with Crippen molar-refractivity contribution in [3.63, 3.8) is 0 Å². The van der Waals surface area contributed by atoms with E-state index in [1.54, 1.807) is 0 Å². The molecule has 4 heteroatoms. The minimum Gasteiger partial charge on any atom is -0.330 e. The van der Waals surface area contributed by atoms with Crippen LogP contribution in [0, 0.1) is 22.9 Å². The largest absolute Gasteiger partial charge is 0.330 e. The van der Waals surface area contributed by atoms with Crippen LogP contribution in [0.2, 0.25) is 0 Å². The summed E-state index contributed by atoms with van der Waals surface area (Å²) in [4.78, 5) is 0. The first-order valence-electron chi connectivity index (χ1n) is 5.20. The zero-order valence-corrected chi connectivity index (χ0v) is 9.28. The third-order valence-corrected chi connectivity index (χ3v) is 3.79. The van der Waals surface area contributed by atoms with Crippen molar-refractivity contribution < 1.29 is 13.2 Å². The van der Waals surface area contributed by atoms with E-state index in [0.29, 0.717) is 6.42 Å². The zero-order chi connectivity index (χ0) is 12.1. The van der Waals surface area contributed by atoms with E-state index in [0.717, 1.165) is 12.1 Å². The molecule has 88 valence electrons. The lowest BCUT2D eigenvalue weighted by molar-refractivity contribution is 0.423. The van der Waals surface area contributed by atoms with Crippen LogP contribution in [0.4, 0.5) is 13.2 Å². The monoisotopic (exact) mass is 229 g/mol. The first kappa shape index (κ1) is 11.5. The highest BCUT2D eigenvalue weighted by molar-refractivity contribution is 5.40.